The van der Waals surface area contributed by atoms with Crippen LogP contribution in [0.1, 0.15) is 121 Å². The Labute approximate surface area is 287 Å². The number of aliphatic hydroxyl groups excluding tert-OH is 3. The van der Waals surface area contributed by atoms with E-state index in [9.17, 15) is 29.7 Å². The first-order chi connectivity index (χ1) is 22.1. The molecule has 9 heteroatoms. The maximum Gasteiger partial charge on any atom is 0.306 e. The van der Waals surface area contributed by atoms with Gasteiger partial charge in [-0.15, -0.1) is 0 Å². The van der Waals surface area contributed by atoms with Crippen molar-refractivity contribution in [1.82, 2.24) is 0 Å². The Hall–Kier alpha value is -1.97. The van der Waals surface area contributed by atoms with E-state index in [1.807, 2.05) is 27.7 Å². The molecular formula is C39H62O9. The van der Waals surface area contributed by atoms with Crippen molar-refractivity contribution in [3.8, 4) is 0 Å². The van der Waals surface area contributed by atoms with Crippen LogP contribution in [0.25, 0.3) is 0 Å². The third kappa shape index (κ3) is 5.13. The lowest BCUT2D eigenvalue weighted by Gasteiger charge is -2.73. The summed E-state index contributed by atoms with van der Waals surface area (Å²) in [4.78, 5) is 39.0. The molecule has 0 aromatic heterocycles. The van der Waals surface area contributed by atoms with Gasteiger partial charge in [0.15, 0.2) is 6.10 Å². The first-order valence-corrected chi connectivity index (χ1v) is 18.3. The molecule has 0 aromatic carbocycles. The number of aliphatic hydroxyl groups is 3. The van der Waals surface area contributed by atoms with E-state index in [2.05, 4.69) is 40.7 Å². The Morgan fingerprint density at radius 3 is 2.02 bits per heavy atom. The van der Waals surface area contributed by atoms with Gasteiger partial charge < -0.3 is 29.5 Å². The van der Waals surface area contributed by atoms with E-state index in [0.29, 0.717) is 12.3 Å². The molecule has 0 heterocycles. The van der Waals surface area contributed by atoms with Crippen molar-refractivity contribution in [1.29, 1.82) is 0 Å². The molecule has 4 saturated carbocycles. The van der Waals surface area contributed by atoms with Crippen molar-refractivity contribution in [2.24, 2.45) is 56.2 Å². The van der Waals surface area contributed by atoms with Gasteiger partial charge in [-0.3, -0.25) is 14.4 Å². The highest BCUT2D eigenvalue weighted by atomic mass is 16.6. The second-order valence-corrected chi connectivity index (χ2v) is 18.6. The van der Waals surface area contributed by atoms with Crippen LogP contribution in [0.5, 0.6) is 0 Å². The lowest BCUT2D eigenvalue weighted by Crippen LogP contribution is -2.77. The van der Waals surface area contributed by atoms with Gasteiger partial charge in [-0.1, -0.05) is 74.0 Å². The molecule has 0 bridgehead atoms. The Morgan fingerprint density at radius 2 is 1.46 bits per heavy atom. The van der Waals surface area contributed by atoms with Crippen molar-refractivity contribution in [3.63, 3.8) is 0 Å². The summed E-state index contributed by atoms with van der Waals surface area (Å²) in [5, 5.41) is 35.4. The van der Waals surface area contributed by atoms with Crippen molar-refractivity contribution in [2.45, 2.75) is 152 Å². The predicted molar refractivity (Wildman–Crippen MR) is 180 cm³/mol. The molecule has 9 nitrogen and oxygen atoms in total. The van der Waals surface area contributed by atoms with Crippen molar-refractivity contribution < 1.29 is 43.9 Å². The zero-order valence-electron chi connectivity index (χ0n) is 31.2. The summed E-state index contributed by atoms with van der Waals surface area (Å²) >= 11 is 0. The highest BCUT2D eigenvalue weighted by Crippen LogP contribution is 2.76. The third-order valence-electron chi connectivity index (χ3n) is 14.8. The predicted octanol–water partition coefficient (Wildman–Crippen LogP) is 5.76. The molecule has 5 rings (SSSR count). The molecule has 48 heavy (non-hydrogen) atoms. The number of rotatable bonds is 6. The highest BCUT2D eigenvalue weighted by molar-refractivity contribution is 5.70. The van der Waals surface area contributed by atoms with Gasteiger partial charge in [0.1, 0.15) is 18.3 Å². The molecule has 0 amide bonds. The summed E-state index contributed by atoms with van der Waals surface area (Å²) in [5.74, 6) is -1.53. The zero-order chi connectivity index (χ0) is 36.0. The van der Waals surface area contributed by atoms with Crippen LogP contribution in [0.3, 0.4) is 0 Å². The number of carbonyl (C=O) groups excluding carboxylic acids is 3. The highest BCUT2D eigenvalue weighted by Gasteiger charge is 2.77. The molecule has 0 aliphatic heterocycles. The van der Waals surface area contributed by atoms with E-state index >= 15 is 0 Å². The van der Waals surface area contributed by atoms with Gasteiger partial charge in [0, 0.05) is 31.1 Å². The molecule has 0 saturated heterocycles. The van der Waals surface area contributed by atoms with Crippen molar-refractivity contribution in [3.05, 3.63) is 11.6 Å². The Bertz CT molecular complexity index is 1330. The van der Waals surface area contributed by atoms with E-state index in [-0.39, 0.29) is 35.2 Å². The van der Waals surface area contributed by atoms with Crippen LogP contribution < -0.4 is 0 Å². The van der Waals surface area contributed by atoms with Gasteiger partial charge >= 0.3 is 17.9 Å². The largest absolute Gasteiger partial charge is 0.459 e. The quantitative estimate of drug-likeness (QED) is 0.182. The molecule has 3 N–H and O–H groups in total. The standard InChI is InChI=1S/C39H62O9/c1-21(2)18-29(44)48-32-33(47-23(4)42)39(20-40)25(19-34(32,5)6)24-12-13-27-36(9)16-15-28(43)35(7,8)26(36)14-17-37(27,10)38(24,11)31(30(39)45)46-22(3)41/h12,21,25-28,30-33,40,43,45H,13-20H2,1-11H3. The van der Waals surface area contributed by atoms with Gasteiger partial charge in [0.2, 0.25) is 0 Å². The van der Waals surface area contributed by atoms with Crippen molar-refractivity contribution >= 4 is 17.9 Å². The molecule has 0 radical (unpaired) electrons. The number of carbonyl (C=O) groups is 3. The Kier molecular flexibility index (Phi) is 9.38. The average molecular weight is 675 g/mol. The summed E-state index contributed by atoms with van der Waals surface area (Å²) in [6.45, 7) is 21.1. The summed E-state index contributed by atoms with van der Waals surface area (Å²) in [7, 11) is 0. The number of hydrogen-bond donors (Lipinski definition) is 3. The maximum atomic E-state index is 13.2. The summed E-state index contributed by atoms with van der Waals surface area (Å²) in [6, 6.07) is 0. The first-order valence-electron chi connectivity index (χ1n) is 18.3. The van der Waals surface area contributed by atoms with Gasteiger partial charge in [-0.25, -0.2) is 0 Å². The maximum absolute atomic E-state index is 13.2. The molecule has 5 aliphatic carbocycles. The number of fused-ring (bicyclic) bond motifs is 7. The second kappa shape index (κ2) is 12.1. The molecule has 12 atom stereocenters. The molecular weight excluding hydrogens is 612 g/mol. The minimum atomic E-state index is -1.50. The number of allylic oxidation sites excluding steroid dienone is 1. The SMILES string of the molecule is CC(=O)OC1C(OC(=O)CC(C)C)C(C)(C)CC2C3=CCC4C5(C)CCC(O)C(C)(C)C5CCC4(C)C3(C)C(OC(C)=O)C(O)C21CO. The van der Waals surface area contributed by atoms with E-state index in [4.69, 9.17) is 14.2 Å². The topological polar surface area (TPSA) is 140 Å². The van der Waals surface area contributed by atoms with Crippen LogP contribution in [0.4, 0.5) is 0 Å². The summed E-state index contributed by atoms with van der Waals surface area (Å²) in [5.41, 5.74) is -2.77. The monoisotopic (exact) mass is 674 g/mol. The molecule has 4 fully saturated rings. The molecule has 0 spiro atoms. The minimum absolute atomic E-state index is 0.0429. The zero-order valence-corrected chi connectivity index (χ0v) is 31.2. The molecule has 5 aliphatic rings. The van der Waals surface area contributed by atoms with Crippen molar-refractivity contribution in [2.75, 3.05) is 6.61 Å². The van der Waals surface area contributed by atoms with Crippen LogP contribution in [0, 0.1) is 56.2 Å². The van der Waals surface area contributed by atoms with Crippen LogP contribution in [0.15, 0.2) is 11.6 Å². The van der Waals surface area contributed by atoms with E-state index < -0.39 is 76.5 Å². The fraction of sp³-hybridized carbons (Fsp3) is 0.872. The lowest BCUT2D eigenvalue weighted by atomic mass is 9.32. The van der Waals surface area contributed by atoms with E-state index in [1.165, 1.54) is 13.8 Å². The Morgan fingerprint density at radius 1 is 0.854 bits per heavy atom. The molecule has 12 unspecified atom stereocenters. The fourth-order valence-corrected chi connectivity index (χ4v) is 12.3. The van der Waals surface area contributed by atoms with Gasteiger partial charge in [0.25, 0.3) is 0 Å². The van der Waals surface area contributed by atoms with Crippen LogP contribution in [-0.2, 0) is 28.6 Å². The van der Waals surface area contributed by atoms with Gasteiger partial charge in [-0.05, 0) is 78.4 Å². The fourth-order valence-electron chi connectivity index (χ4n) is 12.3. The summed E-state index contributed by atoms with van der Waals surface area (Å²) in [6.07, 6.45) is 1.98. The number of ether oxygens (including phenoxy) is 3. The third-order valence-corrected chi connectivity index (χ3v) is 14.8. The first kappa shape index (κ1) is 37.3. The normalized spacial score (nSPS) is 45.8. The van der Waals surface area contributed by atoms with Crippen LogP contribution in [0.2, 0.25) is 0 Å². The van der Waals surface area contributed by atoms with Crippen LogP contribution in [-0.4, -0.2) is 70.4 Å². The molecule has 0 aromatic rings. The number of esters is 3. The van der Waals surface area contributed by atoms with E-state index in [1.54, 1.807) is 0 Å². The smallest absolute Gasteiger partial charge is 0.306 e. The molecule has 272 valence electrons. The van der Waals surface area contributed by atoms with E-state index in [0.717, 1.165) is 37.7 Å². The minimum Gasteiger partial charge on any atom is -0.459 e. The average Bonchev–Trinajstić information content (AvgIpc) is 2.95. The number of hydrogen-bond acceptors (Lipinski definition) is 9. The second-order valence-electron chi connectivity index (χ2n) is 18.6. The van der Waals surface area contributed by atoms with Gasteiger partial charge in [-0.2, -0.15) is 0 Å². The lowest BCUT2D eigenvalue weighted by molar-refractivity contribution is -0.295. The van der Waals surface area contributed by atoms with Crippen LogP contribution >= 0.6 is 0 Å². The summed E-state index contributed by atoms with van der Waals surface area (Å²) < 4.78 is 18.5. The Balaban J connectivity index is 1.72. The van der Waals surface area contributed by atoms with Gasteiger partial charge in [0.05, 0.1) is 18.1 Å².